The molecule has 4 nitrogen and oxygen atoms in total. The Balaban J connectivity index is 0.00000264. The normalized spacial score (nSPS) is 11.0. The van der Waals surface area contributed by atoms with Gasteiger partial charge in [-0.2, -0.15) is 0 Å². The van der Waals surface area contributed by atoms with Crippen LogP contribution in [0.4, 0.5) is 0 Å². The Morgan fingerprint density at radius 1 is 1.26 bits per heavy atom. The zero-order chi connectivity index (χ0) is 15.6. The van der Waals surface area contributed by atoms with Crippen LogP contribution in [0.5, 0.6) is 0 Å². The van der Waals surface area contributed by atoms with Gasteiger partial charge in [0.2, 0.25) is 0 Å². The summed E-state index contributed by atoms with van der Waals surface area (Å²) in [4.78, 5) is 8.50. The number of guanidine groups is 1. The lowest BCUT2D eigenvalue weighted by Gasteiger charge is -2.11. The van der Waals surface area contributed by atoms with Gasteiger partial charge >= 0.3 is 0 Å². The van der Waals surface area contributed by atoms with Crippen molar-refractivity contribution >= 4 is 53.0 Å². The predicted octanol–water partition coefficient (Wildman–Crippen LogP) is 3.92. The Morgan fingerprint density at radius 3 is 2.70 bits per heavy atom. The van der Waals surface area contributed by atoms with E-state index in [1.54, 1.807) is 30.1 Å². The minimum Gasteiger partial charge on any atom is -0.356 e. The first kappa shape index (κ1) is 20.2. The van der Waals surface area contributed by atoms with Gasteiger partial charge in [-0.15, -0.1) is 35.3 Å². The molecule has 23 heavy (non-hydrogen) atoms. The number of halogens is 1. The van der Waals surface area contributed by atoms with Crippen LogP contribution in [-0.2, 0) is 6.54 Å². The highest BCUT2D eigenvalue weighted by Gasteiger charge is 1.99. The van der Waals surface area contributed by atoms with Gasteiger partial charge in [-0.05, 0) is 18.9 Å². The van der Waals surface area contributed by atoms with Gasteiger partial charge in [0.15, 0.2) is 5.96 Å². The molecule has 0 aliphatic carbocycles. The van der Waals surface area contributed by atoms with Gasteiger partial charge in [0.25, 0.3) is 0 Å². The lowest BCUT2D eigenvalue weighted by molar-refractivity contribution is 0.785. The van der Waals surface area contributed by atoms with Gasteiger partial charge in [-0.1, -0.05) is 41.6 Å². The van der Waals surface area contributed by atoms with E-state index in [1.165, 1.54) is 11.1 Å². The first-order valence-electron chi connectivity index (χ1n) is 7.30. The molecule has 0 saturated heterocycles. The number of aryl methyl sites for hydroxylation is 1. The summed E-state index contributed by atoms with van der Waals surface area (Å²) in [5.41, 5.74) is 2.54. The van der Waals surface area contributed by atoms with Crippen molar-refractivity contribution < 1.29 is 0 Å². The van der Waals surface area contributed by atoms with Gasteiger partial charge in [0.05, 0.1) is 0 Å². The van der Waals surface area contributed by atoms with Crippen molar-refractivity contribution in [3.05, 3.63) is 47.0 Å². The summed E-state index contributed by atoms with van der Waals surface area (Å²) in [6.45, 7) is 3.79. The van der Waals surface area contributed by atoms with Crippen LogP contribution in [0.1, 0.15) is 17.5 Å². The van der Waals surface area contributed by atoms with E-state index in [0.29, 0.717) is 0 Å². The molecule has 0 unspecified atom stereocenters. The van der Waals surface area contributed by atoms with Crippen LogP contribution >= 0.6 is 47.1 Å². The number of rotatable bonds is 7. The van der Waals surface area contributed by atoms with Crippen molar-refractivity contribution in [3.8, 4) is 0 Å². The molecule has 1 aromatic heterocycles. The molecule has 0 amide bonds. The largest absolute Gasteiger partial charge is 0.356 e. The van der Waals surface area contributed by atoms with Gasteiger partial charge in [0, 0.05) is 37.5 Å². The van der Waals surface area contributed by atoms with E-state index in [-0.39, 0.29) is 24.0 Å². The van der Waals surface area contributed by atoms with E-state index in [9.17, 15) is 0 Å². The Morgan fingerprint density at radius 2 is 2.04 bits per heavy atom. The fourth-order valence-corrected chi connectivity index (χ4v) is 3.48. The Labute approximate surface area is 163 Å². The fourth-order valence-electron chi connectivity index (χ4n) is 1.83. The van der Waals surface area contributed by atoms with Crippen LogP contribution in [0, 0.1) is 6.92 Å². The highest BCUT2D eigenvalue weighted by Crippen LogP contribution is 2.20. The molecule has 0 spiro atoms. The third-order valence-electron chi connectivity index (χ3n) is 3.05. The van der Waals surface area contributed by atoms with E-state index in [4.69, 9.17) is 0 Å². The Hall–Kier alpha value is -0.800. The van der Waals surface area contributed by atoms with Crippen LogP contribution in [-0.4, -0.2) is 30.3 Å². The van der Waals surface area contributed by atoms with E-state index in [2.05, 4.69) is 51.8 Å². The number of hydrogen-bond acceptors (Lipinski definition) is 4. The number of nitrogens with zero attached hydrogens (tertiary/aromatic N) is 2. The number of thioether (sulfide) groups is 1. The molecule has 0 atom stereocenters. The molecule has 2 N–H and O–H groups in total. The number of aliphatic imine (C=N–C) groups is 1. The van der Waals surface area contributed by atoms with Crippen molar-refractivity contribution in [1.29, 1.82) is 0 Å². The minimum absolute atomic E-state index is 0. The molecule has 0 radical (unpaired) electrons. The van der Waals surface area contributed by atoms with Crippen molar-refractivity contribution in [2.45, 2.75) is 24.2 Å². The Kier molecular flexibility index (Phi) is 10.3. The molecular formula is C16H23IN4S2. The van der Waals surface area contributed by atoms with Crippen molar-refractivity contribution in [2.24, 2.45) is 4.99 Å². The molecule has 7 heteroatoms. The summed E-state index contributed by atoms with van der Waals surface area (Å²) in [6, 6.07) is 8.53. The lowest BCUT2D eigenvalue weighted by atomic mass is 10.1. The summed E-state index contributed by atoms with van der Waals surface area (Å²) in [6.07, 6.45) is 2.93. The average Bonchev–Trinajstić information content (AvgIpc) is 3.05. The summed E-state index contributed by atoms with van der Waals surface area (Å²) in [5.74, 6) is 1.91. The molecule has 2 rings (SSSR count). The summed E-state index contributed by atoms with van der Waals surface area (Å²) in [7, 11) is 1.80. The number of aromatic nitrogens is 1. The topological polar surface area (TPSA) is 49.3 Å². The highest BCUT2D eigenvalue weighted by molar-refractivity contribution is 14.0. The molecular weight excluding hydrogens is 439 g/mol. The highest BCUT2D eigenvalue weighted by atomic mass is 127. The SMILES string of the molecule is CN=C(NCCCSc1nccs1)NCc1ccc(C)cc1.I. The second-order valence-corrected chi connectivity index (χ2v) is 7.07. The van der Waals surface area contributed by atoms with Crippen molar-refractivity contribution in [2.75, 3.05) is 19.3 Å². The van der Waals surface area contributed by atoms with Gasteiger partial charge in [-0.25, -0.2) is 4.98 Å². The van der Waals surface area contributed by atoms with E-state index >= 15 is 0 Å². The summed E-state index contributed by atoms with van der Waals surface area (Å²) in [5, 5.41) is 8.68. The quantitative estimate of drug-likeness (QED) is 0.215. The number of benzene rings is 1. The smallest absolute Gasteiger partial charge is 0.191 e. The molecule has 1 aromatic carbocycles. The maximum absolute atomic E-state index is 4.26. The second-order valence-electron chi connectivity index (χ2n) is 4.84. The first-order valence-corrected chi connectivity index (χ1v) is 9.17. The van der Waals surface area contributed by atoms with Crippen molar-refractivity contribution in [3.63, 3.8) is 0 Å². The zero-order valence-electron chi connectivity index (χ0n) is 13.4. The van der Waals surface area contributed by atoms with Gasteiger partial charge in [-0.3, -0.25) is 4.99 Å². The summed E-state index contributed by atoms with van der Waals surface area (Å²) >= 11 is 3.50. The molecule has 1 heterocycles. The van der Waals surface area contributed by atoms with E-state index in [0.717, 1.165) is 35.6 Å². The predicted molar refractivity (Wildman–Crippen MR) is 112 cm³/mol. The maximum atomic E-state index is 4.26. The van der Waals surface area contributed by atoms with Crippen molar-refractivity contribution in [1.82, 2.24) is 15.6 Å². The van der Waals surface area contributed by atoms with E-state index < -0.39 is 0 Å². The summed E-state index contributed by atoms with van der Waals surface area (Å²) < 4.78 is 1.14. The van der Waals surface area contributed by atoms with Crippen LogP contribution in [0.3, 0.4) is 0 Å². The van der Waals surface area contributed by atoms with Crippen LogP contribution < -0.4 is 10.6 Å². The minimum atomic E-state index is 0. The van der Waals surface area contributed by atoms with Crippen LogP contribution in [0.2, 0.25) is 0 Å². The maximum Gasteiger partial charge on any atom is 0.191 e. The third-order valence-corrected chi connectivity index (χ3v) is 5.11. The molecule has 0 aliphatic heterocycles. The number of hydrogen-bond donors (Lipinski definition) is 2. The third kappa shape index (κ3) is 8.03. The molecule has 126 valence electrons. The molecule has 0 fully saturated rings. The fraction of sp³-hybridized carbons (Fsp3) is 0.375. The van der Waals surface area contributed by atoms with E-state index in [1.807, 2.05) is 11.6 Å². The lowest BCUT2D eigenvalue weighted by Crippen LogP contribution is -2.37. The Bertz CT molecular complexity index is 570. The monoisotopic (exact) mass is 462 g/mol. The van der Waals surface area contributed by atoms with Crippen LogP contribution in [0.15, 0.2) is 45.2 Å². The first-order chi connectivity index (χ1) is 10.8. The van der Waals surface area contributed by atoms with Crippen LogP contribution in [0.25, 0.3) is 0 Å². The second kappa shape index (κ2) is 11.7. The average molecular weight is 462 g/mol. The molecule has 2 aromatic rings. The zero-order valence-corrected chi connectivity index (χ0v) is 17.4. The number of thiazole rings is 1. The molecule has 0 aliphatic rings. The van der Waals surface area contributed by atoms with Gasteiger partial charge in [0.1, 0.15) is 4.34 Å². The molecule has 0 saturated carbocycles. The van der Waals surface area contributed by atoms with Gasteiger partial charge < -0.3 is 10.6 Å². The molecule has 0 bridgehead atoms. The standard InChI is InChI=1S/C16H22N4S2.HI/c1-13-4-6-14(7-5-13)12-20-15(17-2)18-8-3-10-21-16-19-9-11-22-16;/h4-7,9,11H,3,8,10,12H2,1-2H3,(H2,17,18,20);1H. The number of nitrogens with one attached hydrogen (secondary N) is 2.